The number of rotatable bonds is 3. The predicted molar refractivity (Wildman–Crippen MR) is 116 cm³/mol. The standard InChI is InChI=1S/C23H21FN4O2/c1-13-5-10-21(14(2)11-13)28-23(30)20(16(4)26-28)12-19-15(3)25-27(22(19)29)18-8-6-17(24)7-9-18/h5-12,26H,1-4H3/b19-12-. The number of aromatic nitrogens is 2. The van der Waals surface area contributed by atoms with Crippen molar-refractivity contribution >= 4 is 23.4 Å². The van der Waals surface area contributed by atoms with Crippen LogP contribution >= 0.6 is 0 Å². The monoisotopic (exact) mass is 404 g/mol. The molecule has 0 unspecified atom stereocenters. The molecule has 0 saturated carbocycles. The summed E-state index contributed by atoms with van der Waals surface area (Å²) in [7, 11) is 0. The summed E-state index contributed by atoms with van der Waals surface area (Å²) in [4.78, 5) is 26.0. The van der Waals surface area contributed by atoms with Gasteiger partial charge in [-0.05, 0) is 69.7 Å². The number of anilines is 1. The highest BCUT2D eigenvalue weighted by atomic mass is 19.1. The van der Waals surface area contributed by atoms with Gasteiger partial charge < -0.3 is 0 Å². The topological polar surface area (TPSA) is 70.5 Å². The van der Waals surface area contributed by atoms with Crippen LogP contribution in [0.1, 0.15) is 29.3 Å². The molecule has 0 radical (unpaired) electrons. The minimum atomic E-state index is -0.392. The third-order valence-electron chi connectivity index (χ3n) is 5.13. The number of hydrazone groups is 1. The Morgan fingerprint density at radius 1 is 1.00 bits per heavy atom. The summed E-state index contributed by atoms with van der Waals surface area (Å²) in [5.41, 5.74) is 4.91. The molecule has 1 aromatic heterocycles. The quantitative estimate of drug-likeness (QED) is 0.670. The first-order valence-electron chi connectivity index (χ1n) is 9.53. The number of hydrogen-bond acceptors (Lipinski definition) is 3. The lowest BCUT2D eigenvalue weighted by atomic mass is 10.1. The molecule has 1 amide bonds. The van der Waals surface area contributed by atoms with Crippen LogP contribution in [0.2, 0.25) is 0 Å². The minimum absolute atomic E-state index is 0.243. The molecule has 4 rings (SSSR count). The molecule has 1 aliphatic rings. The summed E-state index contributed by atoms with van der Waals surface area (Å²) >= 11 is 0. The molecule has 0 spiro atoms. The maximum absolute atomic E-state index is 13.2. The summed E-state index contributed by atoms with van der Waals surface area (Å²) in [5, 5.41) is 8.59. The predicted octanol–water partition coefficient (Wildman–Crippen LogP) is 4.04. The summed E-state index contributed by atoms with van der Waals surface area (Å²) in [5.74, 6) is -0.756. The van der Waals surface area contributed by atoms with E-state index in [1.54, 1.807) is 19.9 Å². The highest BCUT2D eigenvalue weighted by Crippen LogP contribution is 2.25. The van der Waals surface area contributed by atoms with Gasteiger partial charge in [-0.2, -0.15) is 10.1 Å². The van der Waals surface area contributed by atoms with Gasteiger partial charge in [0.1, 0.15) is 5.82 Å². The molecule has 0 saturated heterocycles. The maximum atomic E-state index is 13.2. The van der Waals surface area contributed by atoms with Crippen LogP contribution in [0.4, 0.5) is 10.1 Å². The van der Waals surface area contributed by atoms with Gasteiger partial charge in [0.2, 0.25) is 0 Å². The summed E-state index contributed by atoms with van der Waals surface area (Å²) in [6.07, 6.45) is 1.57. The van der Waals surface area contributed by atoms with Gasteiger partial charge in [-0.1, -0.05) is 17.7 Å². The highest BCUT2D eigenvalue weighted by molar-refractivity contribution is 6.32. The summed E-state index contributed by atoms with van der Waals surface area (Å²) in [6, 6.07) is 11.4. The zero-order valence-corrected chi connectivity index (χ0v) is 17.2. The van der Waals surface area contributed by atoms with Crippen LogP contribution in [-0.4, -0.2) is 21.4 Å². The van der Waals surface area contributed by atoms with Crippen molar-refractivity contribution in [2.75, 3.05) is 5.01 Å². The number of H-pyrrole nitrogens is 1. The number of halogens is 1. The minimum Gasteiger partial charge on any atom is -0.295 e. The first kappa shape index (κ1) is 19.6. The molecule has 30 heavy (non-hydrogen) atoms. The number of benzene rings is 2. The van der Waals surface area contributed by atoms with Gasteiger partial charge >= 0.3 is 0 Å². The third kappa shape index (κ3) is 3.28. The van der Waals surface area contributed by atoms with Crippen LogP contribution < -0.4 is 10.6 Å². The van der Waals surface area contributed by atoms with Gasteiger partial charge in [0, 0.05) is 5.69 Å². The zero-order valence-electron chi connectivity index (χ0n) is 17.2. The second-order valence-electron chi connectivity index (χ2n) is 7.42. The Bertz CT molecular complexity index is 1280. The van der Waals surface area contributed by atoms with Crippen LogP contribution in [0, 0.1) is 26.6 Å². The van der Waals surface area contributed by atoms with Crippen molar-refractivity contribution in [2.24, 2.45) is 5.10 Å². The van der Waals surface area contributed by atoms with E-state index in [1.807, 2.05) is 32.0 Å². The largest absolute Gasteiger partial charge is 0.295 e. The van der Waals surface area contributed by atoms with E-state index in [0.29, 0.717) is 28.2 Å². The second kappa shape index (κ2) is 7.26. The first-order valence-corrected chi connectivity index (χ1v) is 9.53. The molecule has 2 aromatic carbocycles. The van der Waals surface area contributed by atoms with Crippen LogP contribution in [-0.2, 0) is 4.79 Å². The smallest absolute Gasteiger partial charge is 0.280 e. The van der Waals surface area contributed by atoms with Crippen molar-refractivity contribution < 1.29 is 9.18 Å². The lowest BCUT2D eigenvalue weighted by Crippen LogP contribution is -2.22. The maximum Gasteiger partial charge on any atom is 0.280 e. The summed E-state index contributed by atoms with van der Waals surface area (Å²) in [6.45, 7) is 7.44. The Labute approximate surface area is 172 Å². The molecule has 0 fully saturated rings. The van der Waals surface area contributed by atoms with Gasteiger partial charge in [0.25, 0.3) is 11.5 Å². The Morgan fingerprint density at radius 3 is 2.37 bits per heavy atom. The number of nitrogens with one attached hydrogen (secondary N) is 1. The molecule has 1 aliphatic heterocycles. The van der Waals surface area contributed by atoms with E-state index in [1.165, 1.54) is 34.0 Å². The van der Waals surface area contributed by atoms with Crippen LogP contribution in [0.15, 0.2) is 57.9 Å². The van der Waals surface area contributed by atoms with E-state index in [0.717, 1.165) is 16.8 Å². The Morgan fingerprint density at radius 2 is 1.70 bits per heavy atom. The van der Waals surface area contributed by atoms with Gasteiger partial charge in [0.15, 0.2) is 0 Å². The fourth-order valence-corrected chi connectivity index (χ4v) is 3.54. The highest BCUT2D eigenvalue weighted by Gasteiger charge is 2.29. The second-order valence-corrected chi connectivity index (χ2v) is 7.42. The van der Waals surface area contributed by atoms with Crippen molar-refractivity contribution in [2.45, 2.75) is 27.7 Å². The number of carbonyl (C=O) groups is 1. The van der Waals surface area contributed by atoms with Gasteiger partial charge in [0.05, 0.1) is 28.2 Å². The Balaban J connectivity index is 1.74. The molecule has 6 nitrogen and oxygen atoms in total. The normalized spacial score (nSPS) is 15.2. The number of nitrogens with zero attached hydrogens (tertiary/aromatic N) is 3. The number of amides is 1. The average Bonchev–Trinajstić information content (AvgIpc) is 3.13. The SMILES string of the molecule is CC1=NN(c2ccc(F)cc2)C(=O)/C1=C\c1c(C)[nH]n(-c2ccc(C)cc2C)c1=O. The van der Waals surface area contributed by atoms with E-state index >= 15 is 0 Å². The Kier molecular flexibility index (Phi) is 4.73. The summed E-state index contributed by atoms with van der Waals surface area (Å²) < 4.78 is 14.7. The van der Waals surface area contributed by atoms with Gasteiger partial charge in [-0.25, -0.2) is 9.07 Å². The van der Waals surface area contributed by atoms with E-state index in [4.69, 9.17) is 0 Å². The fraction of sp³-hybridized carbons (Fsp3) is 0.174. The van der Waals surface area contributed by atoms with Crippen LogP contribution in [0.5, 0.6) is 0 Å². The lowest BCUT2D eigenvalue weighted by Gasteiger charge is -2.11. The average molecular weight is 404 g/mol. The molecule has 0 bridgehead atoms. The van der Waals surface area contributed by atoms with Crippen molar-refractivity contribution in [3.05, 3.63) is 86.6 Å². The number of carbonyl (C=O) groups excluding carboxylic acids is 1. The van der Waals surface area contributed by atoms with Crippen molar-refractivity contribution in [3.8, 4) is 5.69 Å². The molecule has 1 N–H and O–H groups in total. The third-order valence-corrected chi connectivity index (χ3v) is 5.13. The van der Waals surface area contributed by atoms with Gasteiger partial charge in [-0.3, -0.25) is 14.7 Å². The number of aryl methyl sites for hydroxylation is 3. The molecule has 7 heteroatoms. The van der Waals surface area contributed by atoms with E-state index in [2.05, 4.69) is 10.2 Å². The molecule has 0 atom stereocenters. The molecule has 3 aromatic rings. The van der Waals surface area contributed by atoms with E-state index in [-0.39, 0.29) is 11.5 Å². The van der Waals surface area contributed by atoms with Crippen LogP contribution in [0.25, 0.3) is 11.8 Å². The van der Waals surface area contributed by atoms with Crippen molar-refractivity contribution in [1.82, 2.24) is 9.78 Å². The van der Waals surface area contributed by atoms with Crippen LogP contribution in [0.3, 0.4) is 0 Å². The number of aromatic amines is 1. The molecule has 0 aliphatic carbocycles. The first-order chi connectivity index (χ1) is 14.3. The lowest BCUT2D eigenvalue weighted by molar-refractivity contribution is -0.114. The van der Waals surface area contributed by atoms with Crippen molar-refractivity contribution in [3.63, 3.8) is 0 Å². The molecular weight excluding hydrogens is 383 g/mol. The molecular formula is C23H21FN4O2. The van der Waals surface area contributed by atoms with E-state index in [9.17, 15) is 14.0 Å². The Hall–Kier alpha value is -3.74. The van der Waals surface area contributed by atoms with E-state index < -0.39 is 5.82 Å². The zero-order chi connectivity index (χ0) is 21.6. The van der Waals surface area contributed by atoms with Crippen molar-refractivity contribution in [1.29, 1.82) is 0 Å². The van der Waals surface area contributed by atoms with Gasteiger partial charge in [-0.15, -0.1) is 0 Å². The fourth-order valence-electron chi connectivity index (χ4n) is 3.54. The number of hydrogen-bond donors (Lipinski definition) is 1. The molecule has 152 valence electrons. The molecule has 2 heterocycles.